The van der Waals surface area contributed by atoms with Crippen LogP contribution in [0.3, 0.4) is 0 Å². The number of nitrogens with zero attached hydrogens (tertiary/aromatic N) is 3. The van der Waals surface area contributed by atoms with Crippen LogP contribution < -0.4 is 5.32 Å². The van der Waals surface area contributed by atoms with E-state index in [0.717, 1.165) is 16.2 Å². The summed E-state index contributed by atoms with van der Waals surface area (Å²) in [6.07, 6.45) is -0.267. The number of halogens is 1. The number of amides is 2. The standard InChI is InChI=1S/C20H25FN4O3/c1-20(2,3)28-19(27)25-12-14(21)11-17(25)18(26)23-15-7-5-13(6-8-15)16-9-10-22-24(16)4/h5-10,14,17H,11-12H2,1-4H3,(H,23,26)/t14-,17+/m0/s1. The smallest absolute Gasteiger partial charge is 0.411 e. The second-order valence-electron chi connectivity index (χ2n) is 7.89. The number of anilines is 1. The van der Waals surface area contributed by atoms with Gasteiger partial charge >= 0.3 is 6.09 Å². The summed E-state index contributed by atoms with van der Waals surface area (Å²) in [5.41, 5.74) is 1.76. The molecule has 1 aliphatic heterocycles. The molecule has 0 radical (unpaired) electrons. The number of aromatic nitrogens is 2. The van der Waals surface area contributed by atoms with E-state index in [1.165, 1.54) is 0 Å². The molecule has 2 amide bonds. The maximum atomic E-state index is 13.9. The van der Waals surface area contributed by atoms with Crippen molar-refractivity contribution in [1.29, 1.82) is 0 Å². The van der Waals surface area contributed by atoms with Gasteiger partial charge in [-0.2, -0.15) is 5.10 Å². The molecular weight excluding hydrogens is 363 g/mol. The summed E-state index contributed by atoms with van der Waals surface area (Å²) in [5.74, 6) is -0.431. The molecule has 1 saturated heterocycles. The van der Waals surface area contributed by atoms with Gasteiger partial charge in [0.1, 0.15) is 17.8 Å². The fraction of sp³-hybridized carbons (Fsp3) is 0.450. The normalized spacial score (nSPS) is 19.5. The number of likely N-dealkylation sites (tertiary alicyclic amines) is 1. The maximum absolute atomic E-state index is 13.9. The zero-order chi connectivity index (χ0) is 20.5. The number of carbonyl (C=O) groups excluding carboxylic acids is 2. The fourth-order valence-electron chi connectivity index (χ4n) is 3.16. The lowest BCUT2D eigenvalue weighted by Crippen LogP contribution is -2.45. The number of alkyl halides is 1. The Morgan fingerprint density at radius 2 is 1.89 bits per heavy atom. The van der Waals surface area contributed by atoms with Crippen LogP contribution in [-0.2, 0) is 16.6 Å². The molecule has 28 heavy (non-hydrogen) atoms. The molecule has 1 N–H and O–H groups in total. The highest BCUT2D eigenvalue weighted by Crippen LogP contribution is 2.25. The average molecular weight is 388 g/mol. The van der Waals surface area contributed by atoms with Crippen LogP contribution in [-0.4, -0.2) is 51.0 Å². The van der Waals surface area contributed by atoms with E-state index in [2.05, 4.69) is 10.4 Å². The lowest BCUT2D eigenvalue weighted by Gasteiger charge is -2.27. The van der Waals surface area contributed by atoms with E-state index in [1.54, 1.807) is 43.8 Å². The third-order valence-electron chi connectivity index (χ3n) is 4.45. The van der Waals surface area contributed by atoms with Crippen LogP contribution in [0.5, 0.6) is 0 Å². The third kappa shape index (κ3) is 4.49. The Labute approximate surface area is 163 Å². The number of rotatable bonds is 3. The summed E-state index contributed by atoms with van der Waals surface area (Å²) in [6, 6.07) is 8.25. The number of nitrogens with one attached hydrogen (secondary N) is 1. The van der Waals surface area contributed by atoms with Gasteiger partial charge in [0.2, 0.25) is 5.91 Å². The number of hydrogen-bond donors (Lipinski definition) is 1. The predicted molar refractivity (Wildman–Crippen MR) is 104 cm³/mol. The van der Waals surface area contributed by atoms with Crippen molar-refractivity contribution in [3.05, 3.63) is 36.5 Å². The lowest BCUT2D eigenvalue weighted by atomic mass is 10.1. The van der Waals surface area contributed by atoms with Crippen molar-refractivity contribution >= 4 is 17.7 Å². The highest BCUT2D eigenvalue weighted by Gasteiger charge is 2.41. The van der Waals surface area contributed by atoms with Crippen molar-refractivity contribution in [1.82, 2.24) is 14.7 Å². The fourth-order valence-corrected chi connectivity index (χ4v) is 3.16. The predicted octanol–water partition coefficient (Wildman–Crippen LogP) is 3.37. The van der Waals surface area contributed by atoms with Gasteiger partial charge in [0.25, 0.3) is 0 Å². The van der Waals surface area contributed by atoms with Crippen LogP contribution in [0.1, 0.15) is 27.2 Å². The Morgan fingerprint density at radius 3 is 2.46 bits per heavy atom. The van der Waals surface area contributed by atoms with E-state index < -0.39 is 29.8 Å². The Bertz CT molecular complexity index is 857. The molecule has 1 fully saturated rings. The van der Waals surface area contributed by atoms with E-state index in [0.29, 0.717) is 5.69 Å². The summed E-state index contributed by atoms with van der Waals surface area (Å²) in [6.45, 7) is 5.04. The molecule has 0 bridgehead atoms. The van der Waals surface area contributed by atoms with E-state index in [9.17, 15) is 14.0 Å². The van der Waals surface area contributed by atoms with Crippen molar-refractivity contribution in [3.63, 3.8) is 0 Å². The van der Waals surface area contributed by atoms with Crippen molar-refractivity contribution in [2.75, 3.05) is 11.9 Å². The lowest BCUT2D eigenvalue weighted by molar-refractivity contribution is -0.120. The molecule has 0 saturated carbocycles. The van der Waals surface area contributed by atoms with Crippen molar-refractivity contribution in [2.45, 2.75) is 45.0 Å². The van der Waals surface area contributed by atoms with E-state index in [-0.39, 0.29) is 13.0 Å². The molecule has 8 heteroatoms. The largest absolute Gasteiger partial charge is 0.444 e. The number of ether oxygens (including phenoxy) is 1. The molecule has 1 aromatic heterocycles. The van der Waals surface area contributed by atoms with E-state index in [1.807, 2.05) is 25.2 Å². The second kappa shape index (κ2) is 7.61. The van der Waals surface area contributed by atoms with Crippen LogP contribution >= 0.6 is 0 Å². The summed E-state index contributed by atoms with van der Waals surface area (Å²) >= 11 is 0. The number of carbonyl (C=O) groups is 2. The maximum Gasteiger partial charge on any atom is 0.411 e. The van der Waals surface area contributed by atoms with Gasteiger partial charge in [0, 0.05) is 25.4 Å². The summed E-state index contributed by atoms with van der Waals surface area (Å²) in [5, 5.41) is 6.90. The summed E-state index contributed by atoms with van der Waals surface area (Å²) in [7, 11) is 1.85. The van der Waals surface area contributed by atoms with Crippen LogP contribution in [0.4, 0.5) is 14.9 Å². The third-order valence-corrected chi connectivity index (χ3v) is 4.45. The molecule has 150 valence electrons. The Morgan fingerprint density at radius 1 is 1.21 bits per heavy atom. The van der Waals surface area contributed by atoms with Gasteiger partial charge in [-0.05, 0) is 44.5 Å². The molecule has 0 spiro atoms. The minimum atomic E-state index is -1.25. The van der Waals surface area contributed by atoms with Crippen molar-refractivity contribution in [2.24, 2.45) is 7.05 Å². The average Bonchev–Trinajstić information content (AvgIpc) is 3.20. The zero-order valence-corrected chi connectivity index (χ0v) is 16.5. The summed E-state index contributed by atoms with van der Waals surface area (Å²) in [4.78, 5) is 26.2. The van der Waals surface area contributed by atoms with Gasteiger partial charge in [0.15, 0.2) is 0 Å². The molecule has 7 nitrogen and oxygen atoms in total. The molecule has 3 rings (SSSR count). The van der Waals surface area contributed by atoms with Crippen LogP contribution in [0.2, 0.25) is 0 Å². The Hall–Kier alpha value is -2.90. The van der Waals surface area contributed by atoms with Crippen LogP contribution in [0, 0.1) is 0 Å². The Kier molecular flexibility index (Phi) is 5.40. The molecule has 2 atom stereocenters. The van der Waals surface area contributed by atoms with Gasteiger partial charge in [-0.15, -0.1) is 0 Å². The molecule has 0 aliphatic carbocycles. The van der Waals surface area contributed by atoms with Gasteiger partial charge in [0.05, 0.1) is 12.2 Å². The van der Waals surface area contributed by atoms with Gasteiger partial charge in [-0.1, -0.05) is 12.1 Å². The van der Waals surface area contributed by atoms with Gasteiger partial charge < -0.3 is 10.1 Å². The highest BCUT2D eigenvalue weighted by molar-refractivity contribution is 5.97. The number of aryl methyl sites for hydroxylation is 1. The molecular formula is C20H25FN4O3. The molecule has 2 aromatic rings. The SMILES string of the molecule is Cn1nccc1-c1ccc(NC(=O)[C@H]2C[C@H](F)CN2C(=O)OC(C)(C)C)cc1. The van der Waals surface area contributed by atoms with Crippen LogP contribution in [0.15, 0.2) is 36.5 Å². The molecule has 1 aromatic carbocycles. The van der Waals surface area contributed by atoms with Gasteiger partial charge in [-0.3, -0.25) is 14.4 Å². The van der Waals surface area contributed by atoms with Crippen molar-refractivity contribution < 1.29 is 18.7 Å². The highest BCUT2D eigenvalue weighted by atomic mass is 19.1. The minimum absolute atomic E-state index is 0.0435. The zero-order valence-electron chi connectivity index (χ0n) is 16.5. The number of benzene rings is 1. The van der Waals surface area contributed by atoms with E-state index in [4.69, 9.17) is 4.74 Å². The minimum Gasteiger partial charge on any atom is -0.444 e. The monoisotopic (exact) mass is 388 g/mol. The summed E-state index contributed by atoms with van der Waals surface area (Å²) < 4.78 is 21.0. The quantitative estimate of drug-likeness (QED) is 0.875. The second-order valence-corrected chi connectivity index (χ2v) is 7.89. The molecule has 2 heterocycles. The Balaban J connectivity index is 1.69. The van der Waals surface area contributed by atoms with E-state index >= 15 is 0 Å². The van der Waals surface area contributed by atoms with Crippen LogP contribution in [0.25, 0.3) is 11.3 Å². The van der Waals surface area contributed by atoms with Gasteiger partial charge in [-0.25, -0.2) is 9.18 Å². The first-order valence-corrected chi connectivity index (χ1v) is 9.17. The first-order chi connectivity index (χ1) is 13.1. The number of hydrogen-bond acceptors (Lipinski definition) is 4. The topological polar surface area (TPSA) is 76.5 Å². The molecule has 0 unspecified atom stereocenters. The first-order valence-electron chi connectivity index (χ1n) is 9.17. The van der Waals surface area contributed by atoms with Crippen molar-refractivity contribution in [3.8, 4) is 11.3 Å². The molecule has 1 aliphatic rings. The first kappa shape index (κ1) is 19.9.